The lowest BCUT2D eigenvalue weighted by molar-refractivity contribution is -0.137. The second kappa shape index (κ2) is 4.64. The molecule has 0 saturated heterocycles. The van der Waals surface area contributed by atoms with Crippen molar-refractivity contribution >= 4 is 0 Å². The minimum Gasteiger partial charge on any atom is -0.330 e. The van der Waals surface area contributed by atoms with Gasteiger partial charge in [0.05, 0.1) is 5.56 Å². The van der Waals surface area contributed by atoms with Crippen molar-refractivity contribution < 1.29 is 17.6 Å². The summed E-state index contributed by atoms with van der Waals surface area (Å²) in [5.41, 5.74) is 2.65. The van der Waals surface area contributed by atoms with E-state index in [0.717, 1.165) is 12.1 Å². The summed E-state index contributed by atoms with van der Waals surface area (Å²) in [5.74, 6) is -0.550. The summed E-state index contributed by atoms with van der Waals surface area (Å²) in [5, 5.41) is 0. The van der Waals surface area contributed by atoms with E-state index in [1.807, 2.05) is 0 Å². The lowest BCUT2D eigenvalue weighted by Crippen LogP contribution is -2.31. The van der Waals surface area contributed by atoms with Crippen LogP contribution in [0.2, 0.25) is 0 Å². The van der Waals surface area contributed by atoms with Crippen molar-refractivity contribution in [3.63, 3.8) is 0 Å². The molecule has 0 aliphatic rings. The van der Waals surface area contributed by atoms with Crippen LogP contribution in [0.5, 0.6) is 0 Å². The molecule has 2 N–H and O–H groups in total. The smallest absolute Gasteiger partial charge is 0.330 e. The van der Waals surface area contributed by atoms with E-state index >= 15 is 0 Å². The summed E-state index contributed by atoms with van der Waals surface area (Å²) >= 11 is 0. The third-order valence-electron chi connectivity index (χ3n) is 3.03. The molecule has 1 rings (SSSR count). The Bertz CT molecular complexity index is 384. The molecule has 1 aromatic carbocycles. The Morgan fingerprint density at radius 2 is 1.71 bits per heavy atom. The van der Waals surface area contributed by atoms with Gasteiger partial charge in [0, 0.05) is 5.92 Å². The average Bonchev–Trinajstić information content (AvgIpc) is 2.27. The largest absolute Gasteiger partial charge is 0.416 e. The highest BCUT2D eigenvalue weighted by atomic mass is 19.4. The van der Waals surface area contributed by atoms with Crippen LogP contribution in [0.3, 0.4) is 0 Å². The van der Waals surface area contributed by atoms with E-state index in [9.17, 15) is 17.6 Å². The molecule has 0 heterocycles. The Labute approximate surface area is 97.6 Å². The Morgan fingerprint density at radius 3 is 2.18 bits per heavy atom. The number of benzene rings is 1. The van der Waals surface area contributed by atoms with Gasteiger partial charge < -0.3 is 5.73 Å². The Balaban J connectivity index is 3.16. The van der Waals surface area contributed by atoms with Gasteiger partial charge in [-0.15, -0.1) is 0 Å². The van der Waals surface area contributed by atoms with Crippen molar-refractivity contribution in [2.24, 2.45) is 11.7 Å². The maximum absolute atomic E-state index is 14.3. The highest BCUT2D eigenvalue weighted by Gasteiger charge is 2.36. The fourth-order valence-electron chi connectivity index (χ4n) is 1.51. The summed E-state index contributed by atoms with van der Waals surface area (Å²) in [6, 6.07) is 4.32. The maximum atomic E-state index is 14.3. The second-order valence-electron chi connectivity index (χ2n) is 4.29. The lowest BCUT2D eigenvalue weighted by atomic mass is 9.85. The molecule has 0 aliphatic heterocycles. The molecule has 1 nitrogen and oxygen atoms in total. The van der Waals surface area contributed by atoms with Gasteiger partial charge in [0.2, 0.25) is 0 Å². The molecule has 2 atom stereocenters. The SMILES string of the molecule is CC(CN)C(C)(F)c1cccc(C(F)(F)F)c1. The molecule has 0 amide bonds. The molecule has 0 aromatic heterocycles. The highest BCUT2D eigenvalue weighted by molar-refractivity contribution is 5.30. The van der Waals surface area contributed by atoms with Gasteiger partial charge in [-0.25, -0.2) is 4.39 Å². The minimum absolute atomic E-state index is 0.00488. The molecule has 2 unspecified atom stereocenters. The Hall–Kier alpha value is -1.10. The van der Waals surface area contributed by atoms with E-state index in [2.05, 4.69) is 0 Å². The van der Waals surface area contributed by atoms with Crippen LogP contribution < -0.4 is 5.73 Å². The molecule has 0 aliphatic carbocycles. The second-order valence-corrected chi connectivity index (χ2v) is 4.29. The summed E-state index contributed by atoms with van der Waals surface area (Å²) < 4.78 is 51.8. The van der Waals surface area contributed by atoms with E-state index in [0.29, 0.717) is 0 Å². The van der Waals surface area contributed by atoms with Crippen LogP contribution in [0.15, 0.2) is 24.3 Å². The normalized spacial score (nSPS) is 17.6. The van der Waals surface area contributed by atoms with Gasteiger partial charge >= 0.3 is 6.18 Å². The first-order valence-electron chi connectivity index (χ1n) is 5.26. The quantitative estimate of drug-likeness (QED) is 0.815. The van der Waals surface area contributed by atoms with Gasteiger partial charge in [0.25, 0.3) is 0 Å². The van der Waals surface area contributed by atoms with E-state index in [4.69, 9.17) is 5.73 Å². The van der Waals surface area contributed by atoms with Crippen LogP contribution in [-0.4, -0.2) is 6.54 Å². The van der Waals surface area contributed by atoms with Gasteiger partial charge in [0.15, 0.2) is 0 Å². The number of hydrogen-bond donors (Lipinski definition) is 1. The molecule has 0 radical (unpaired) electrons. The first-order chi connectivity index (χ1) is 7.69. The molecular weight excluding hydrogens is 234 g/mol. The topological polar surface area (TPSA) is 26.0 Å². The number of nitrogens with two attached hydrogens (primary N) is 1. The average molecular weight is 249 g/mol. The van der Waals surface area contributed by atoms with Gasteiger partial charge in [-0.2, -0.15) is 13.2 Å². The van der Waals surface area contributed by atoms with Crippen LogP contribution in [-0.2, 0) is 11.8 Å². The third-order valence-corrected chi connectivity index (χ3v) is 3.03. The molecule has 0 fully saturated rings. The minimum atomic E-state index is -4.46. The molecule has 5 heteroatoms. The van der Waals surface area contributed by atoms with Gasteiger partial charge in [0.1, 0.15) is 5.67 Å². The van der Waals surface area contributed by atoms with Crippen molar-refractivity contribution in [1.82, 2.24) is 0 Å². The van der Waals surface area contributed by atoms with E-state index in [-0.39, 0.29) is 12.1 Å². The molecule has 1 aromatic rings. The predicted molar refractivity (Wildman–Crippen MR) is 58.1 cm³/mol. The molecule has 0 bridgehead atoms. The predicted octanol–water partition coefficient (Wildman–Crippen LogP) is 3.48. The van der Waals surface area contributed by atoms with Crippen LogP contribution in [0.1, 0.15) is 25.0 Å². The molecule has 0 spiro atoms. The van der Waals surface area contributed by atoms with E-state index in [1.54, 1.807) is 6.92 Å². The van der Waals surface area contributed by atoms with Crippen LogP contribution >= 0.6 is 0 Å². The van der Waals surface area contributed by atoms with Crippen molar-refractivity contribution in [2.45, 2.75) is 25.7 Å². The van der Waals surface area contributed by atoms with E-state index < -0.39 is 23.3 Å². The van der Waals surface area contributed by atoms with Crippen molar-refractivity contribution in [2.75, 3.05) is 6.54 Å². The molecular formula is C12H15F4N. The van der Waals surface area contributed by atoms with Gasteiger partial charge in [-0.1, -0.05) is 19.1 Å². The van der Waals surface area contributed by atoms with Gasteiger partial charge in [-0.05, 0) is 31.2 Å². The zero-order chi connectivity index (χ0) is 13.3. The third kappa shape index (κ3) is 2.97. The number of hydrogen-bond acceptors (Lipinski definition) is 1. The summed E-state index contributed by atoms with van der Waals surface area (Å²) in [6.07, 6.45) is -4.46. The van der Waals surface area contributed by atoms with Crippen molar-refractivity contribution in [3.05, 3.63) is 35.4 Å². The maximum Gasteiger partial charge on any atom is 0.416 e. The summed E-state index contributed by atoms with van der Waals surface area (Å²) in [4.78, 5) is 0. The summed E-state index contributed by atoms with van der Waals surface area (Å²) in [6.45, 7) is 2.89. The fourth-order valence-corrected chi connectivity index (χ4v) is 1.51. The number of halogens is 4. The molecule has 17 heavy (non-hydrogen) atoms. The fraction of sp³-hybridized carbons (Fsp3) is 0.500. The van der Waals surface area contributed by atoms with Crippen LogP contribution in [0.4, 0.5) is 17.6 Å². The first kappa shape index (κ1) is 14.0. The number of rotatable bonds is 3. The Kier molecular flexibility index (Phi) is 3.81. The van der Waals surface area contributed by atoms with E-state index in [1.165, 1.54) is 19.1 Å². The summed E-state index contributed by atoms with van der Waals surface area (Å²) in [7, 11) is 0. The standard InChI is InChI=1S/C12H15F4N/c1-8(7-17)11(2,13)9-4-3-5-10(6-9)12(14,15)16/h3-6,8H,7,17H2,1-2H3. The van der Waals surface area contributed by atoms with Crippen molar-refractivity contribution in [3.8, 4) is 0 Å². The van der Waals surface area contributed by atoms with Gasteiger partial charge in [-0.3, -0.25) is 0 Å². The lowest BCUT2D eigenvalue weighted by Gasteiger charge is -2.27. The highest BCUT2D eigenvalue weighted by Crippen LogP contribution is 2.36. The zero-order valence-corrected chi connectivity index (χ0v) is 9.68. The first-order valence-corrected chi connectivity index (χ1v) is 5.26. The molecule has 0 saturated carbocycles. The van der Waals surface area contributed by atoms with Crippen LogP contribution in [0.25, 0.3) is 0 Å². The molecule has 96 valence electrons. The Morgan fingerprint density at radius 1 is 1.18 bits per heavy atom. The van der Waals surface area contributed by atoms with Crippen molar-refractivity contribution in [1.29, 1.82) is 0 Å². The van der Waals surface area contributed by atoms with Crippen LogP contribution in [0, 0.1) is 5.92 Å². The monoisotopic (exact) mass is 249 g/mol. The number of alkyl halides is 4. The zero-order valence-electron chi connectivity index (χ0n) is 9.68.